The molecule has 4 aromatic rings. The van der Waals surface area contributed by atoms with Gasteiger partial charge in [-0.25, -0.2) is 14.8 Å². The summed E-state index contributed by atoms with van der Waals surface area (Å²) in [5, 5.41) is 14.0. The summed E-state index contributed by atoms with van der Waals surface area (Å²) in [5.41, 5.74) is 2.82. The Kier molecular flexibility index (Phi) is 5.52. The van der Waals surface area contributed by atoms with E-state index in [2.05, 4.69) is 20.3 Å². The number of hydrogen-bond acceptors (Lipinski definition) is 7. The number of fused-ring (bicyclic) bond motifs is 1. The molecule has 0 amide bonds. The van der Waals surface area contributed by atoms with Gasteiger partial charge < -0.3 is 15.2 Å². The van der Waals surface area contributed by atoms with Crippen LogP contribution in [-0.2, 0) is 6.54 Å². The predicted octanol–water partition coefficient (Wildman–Crippen LogP) is 5.03. The van der Waals surface area contributed by atoms with Crippen LogP contribution >= 0.6 is 22.9 Å². The Hall–Kier alpha value is -3.23. The second-order valence-corrected chi connectivity index (χ2v) is 7.91. The van der Waals surface area contributed by atoms with Gasteiger partial charge in [-0.2, -0.15) is 0 Å². The van der Waals surface area contributed by atoms with Crippen LogP contribution in [0, 0.1) is 6.92 Å². The number of carboxylic acid groups (broad SMARTS) is 1. The number of ether oxygens (including phenoxy) is 1. The van der Waals surface area contributed by atoms with Crippen LogP contribution in [0.2, 0.25) is 5.02 Å². The number of carbonyl (C=O) groups is 1. The van der Waals surface area contributed by atoms with Gasteiger partial charge in [0, 0.05) is 29.4 Å². The van der Waals surface area contributed by atoms with E-state index in [1.807, 2.05) is 25.1 Å². The summed E-state index contributed by atoms with van der Waals surface area (Å²) in [6.07, 6.45) is 3.48. The van der Waals surface area contributed by atoms with Crippen LogP contribution in [-0.4, -0.2) is 33.1 Å². The summed E-state index contributed by atoms with van der Waals surface area (Å²) in [6.45, 7) is 2.38. The average Bonchev–Trinajstić information content (AvgIpc) is 3.09. The number of hydrogen-bond donors (Lipinski definition) is 2. The van der Waals surface area contributed by atoms with Gasteiger partial charge in [0.2, 0.25) is 5.82 Å². The lowest BCUT2D eigenvalue weighted by molar-refractivity contribution is 0.0684. The van der Waals surface area contributed by atoms with Crippen LogP contribution in [0.5, 0.6) is 5.75 Å². The number of carboxylic acids is 1. The molecule has 0 atom stereocenters. The molecule has 0 aliphatic carbocycles. The molecular formula is C21H17ClN4O3S. The number of aryl methyl sites for hydroxylation is 1. The highest BCUT2D eigenvalue weighted by Crippen LogP contribution is 2.40. The zero-order valence-corrected chi connectivity index (χ0v) is 17.7. The van der Waals surface area contributed by atoms with Crippen molar-refractivity contribution in [2.75, 3.05) is 12.4 Å². The molecule has 0 aliphatic rings. The zero-order chi connectivity index (χ0) is 21.3. The van der Waals surface area contributed by atoms with E-state index in [-0.39, 0.29) is 5.82 Å². The monoisotopic (exact) mass is 440 g/mol. The van der Waals surface area contributed by atoms with Crippen molar-refractivity contribution in [3.63, 3.8) is 0 Å². The minimum Gasteiger partial charge on any atom is -0.495 e. The number of halogens is 1. The summed E-state index contributed by atoms with van der Waals surface area (Å²) in [4.78, 5) is 25.8. The number of anilines is 1. The highest BCUT2D eigenvalue weighted by atomic mass is 35.5. The fourth-order valence-electron chi connectivity index (χ4n) is 3.14. The van der Waals surface area contributed by atoms with Crippen LogP contribution in [0.25, 0.3) is 20.7 Å². The van der Waals surface area contributed by atoms with Crippen molar-refractivity contribution < 1.29 is 14.6 Å². The summed E-state index contributed by atoms with van der Waals surface area (Å²) < 4.78 is 5.18. The molecular weight excluding hydrogens is 424 g/mol. The van der Waals surface area contributed by atoms with E-state index in [0.29, 0.717) is 28.0 Å². The number of nitrogens with one attached hydrogen (secondary N) is 1. The van der Waals surface area contributed by atoms with Crippen LogP contribution in [0.15, 0.2) is 42.7 Å². The maximum atomic E-state index is 11.6. The molecule has 1 aromatic carbocycles. The van der Waals surface area contributed by atoms with Gasteiger partial charge in [0.1, 0.15) is 16.4 Å². The molecule has 0 fully saturated rings. The molecule has 0 saturated carbocycles. The summed E-state index contributed by atoms with van der Waals surface area (Å²) in [5.74, 6) is -0.376. The third kappa shape index (κ3) is 3.79. The Labute approximate surface area is 181 Å². The lowest BCUT2D eigenvalue weighted by Gasteiger charge is -2.10. The normalized spacial score (nSPS) is 10.9. The van der Waals surface area contributed by atoms with E-state index < -0.39 is 5.97 Å². The quantitative estimate of drug-likeness (QED) is 0.433. The molecule has 0 radical (unpaired) electrons. The summed E-state index contributed by atoms with van der Waals surface area (Å²) >= 11 is 7.63. The van der Waals surface area contributed by atoms with Crippen molar-refractivity contribution in [3.05, 3.63) is 64.7 Å². The van der Waals surface area contributed by atoms with Crippen LogP contribution < -0.4 is 10.1 Å². The van der Waals surface area contributed by atoms with Gasteiger partial charge >= 0.3 is 5.97 Å². The van der Waals surface area contributed by atoms with E-state index in [4.69, 9.17) is 16.3 Å². The largest absolute Gasteiger partial charge is 0.495 e. The van der Waals surface area contributed by atoms with Crippen LogP contribution in [0.1, 0.15) is 21.7 Å². The first-order valence-electron chi connectivity index (χ1n) is 8.99. The molecule has 3 heterocycles. The molecule has 2 N–H and O–H groups in total. The standard InChI is InChI=1S/C21H17ClN4O3S/c1-11-16-18(24-9-12-5-6-15(29-2)14(22)8-12)25-19(21(27)28)26-20(16)30-17(11)13-4-3-7-23-10-13/h3-8,10H,9H2,1-2H3,(H,27,28)(H,24,25,26). The van der Waals surface area contributed by atoms with Gasteiger partial charge in [0.25, 0.3) is 0 Å². The Morgan fingerprint density at radius 3 is 2.80 bits per heavy atom. The molecule has 0 spiro atoms. The second kappa shape index (κ2) is 8.25. The number of nitrogens with zero attached hydrogens (tertiary/aromatic N) is 3. The fourth-order valence-corrected chi connectivity index (χ4v) is 4.59. The van der Waals surface area contributed by atoms with Crippen molar-refractivity contribution in [1.29, 1.82) is 0 Å². The smallest absolute Gasteiger partial charge is 0.374 e. The third-order valence-corrected chi connectivity index (χ3v) is 6.11. The van der Waals surface area contributed by atoms with Crippen molar-refractivity contribution in [2.45, 2.75) is 13.5 Å². The molecule has 0 aliphatic heterocycles. The Morgan fingerprint density at radius 2 is 2.13 bits per heavy atom. The first-order valence-corrected chi connectivity index (χ1v) is 10.2. The van der Waals surface area contributed by atoms with Crippen molar-refractivity contribution >= 4 is 44.9 Å². The average molecular weight is 441 g/mol. The highest BCUT2D eigenvalue weighted by Gasteiger charge is 2.20. The van der Waals surface area contributed by atoms with Crippen LogP contribution in [0.3, 0.4) is 0 Å². The Bertz CT molecular complexity index is 1240. The maximum absolute atomic E-state index is 11.6. The van der Waals surface area contributed by atoms with Gasteiger partial charge in [-0.3, -0.25) is 4.98 Å². The van der Waals surface area contributed by atoms with E-state index in [0.717, 1.165) is 27.0 Å². The number of thiophene rings is 1. The molecule has 7 nitrogen and oxygen atoms in total. The summed E-state index contributed by atoms with van der Waals surface area (Å²) in [7, 11) is 1.56. The summed E-state index contributed by atoms with van der Waals surface area (Å²) in [6, 6.07) is 9.29. The molecule has 30 heavy (non-hydrogen) atoms. The highest BCUT2D eigenvalue weighted by molar-refractivity contribution is 7.22. The number of methoxy groups -OCH3 is 1. The van der Waals surface area contributed by atoms with Crippen molar-refractivity contribution in [3.8, 4) is 16.2 Å². The Balaban J connectivity index is 1.76. The maximum Gasteiger partial charge on any atom is 0.374 e. The van der Waals surface area contributed by atoms with Gasteiger partial charge in [0.15, 0.2) is 0 Å². The first kappa shape index (κ1) is 20.1. The topological polar surface area (TPSA) is 97.2 Å². The Morgan fingerprint density at radius 1 is 1.30 bits per heavy atom. The lowest BCUT2D eigenvalue weighted by Crippen LogP contribution is -2.09. The minimum atomic E-state index is -1.18. The number of aromatic nitrogens is 3. The minimum absolute atomic E-state index is 0.253. The van der Waals surface area contributed by atoms with Crippen LogP contribution in [0.4, 0.5) is 5.82 Å². The lowest BCUT2D eigenvalue weighted by atomic mass is 10.1. The number of rotatable bonds is 6. The number of pyridine rings is 1. The molecule has 0 saturated heterocycles. The van der Waals surface area contributed by atoms with Gasteiger partial charge in [-0.05, 0) is 36.2 Å². The fraction of sp³-hybridized carbons (Fsp3) is 0.143. The van der Waals surface area contributed by atoms with E-state index in [1.165, 1.54) is 11.3 Å². The van der Waals surface area contributed by atoms with E-state index in [1.54, 1.807) is 31.6 Å². The van der Waals surface area contributed by atoms with Gasteiger partial charge in [-0.1, -0.05) is 23.7 Å². The second-order valence-electron chi connectivity index (χ2n) is 6.50. The molecule has 4 rings (SSSR count). The molecule has 3 aromatic heterocycles. The number of aromatic carboxylic acids is 1. The molecule has 9 heteroatoms. The van der Waals surface area contributed by atoms with E-state index in [9.17, 15) is 9.90 Å². The third-order valence-electron chi connectivity index (χ3n) is 4.58. The van der Waals surface area contributed by atoms with Gasteiger partial charge in [-0.15, -0.1) is 11.3 Å². The molecule has 0 bridgehead atoms. The van der Waals surface area contributed by atoms with Crippen molar-refractivity contribution in [1.82, 2.24) is 15.0 Å². The first-order chi connectivity index (χ1) is 14.5. The zero-order valence-electron chi connectivity index (χ0n) is 16.1. The molecule has 0 unspecified atom stereocenters. The number of benzene rings is 1. The van der Waals surface area contributed by atoms with Gasteiger partial charge in [0.05, 0.1) is 17.5 Å². The SMILES string of the molecule is COc1ccc(CNc2nc(C(=O)O)nc3sc(-c4cccnc4)c(C)c23)cc1Cl. The molecule has 152 valence electrons. The van der Waals surface area contributed by atoms with E-state index >= 15 is 0 Å². The van der Waals surface area contributed by atoms with Crippen molar-refractivity contribution in [2.24, 2.45) is 0 Å². The predicted molar refractivity (Wildman–Crippen MR) is 118 cm³/mol.